The molecule has 0 amide bonds. The van der Waals surface area contributed by atoms with Crippen LogP contribution in [-0.4, -0.2) is 27.9 Å². The van der Waals surface area contributed by atoms with Crippen LogP contribution in [0.2, 0.25) is 0 Å². The number of carbonyl (C=O) groups is 2. The van der Waals surface area contributed by atoms with E-state index >= 15 is 0 Å². The molecule has 2 aromatic rings. The summed E-state index contributed by atoms with van der Waals surface area (Å²) >= 11 is 0. The molecule has 2 heterocycles. The lowest BCUT2D eigenvalue weighted by Crippen LogP contribution is -2.26. The van der Waals surface area contributed by atoms with E-state index in [2.05, 4.69) is 5.10 Å². The second-order valence-corrected chi connectivity index (χ2v) is 6.15. The first kappa shape index (κ1) is 16.8. The van der Waals surface area contributed by atoms with E-state index < -0.39 is 18.0 Å². The quantitative estimate of drug-likeness (QED) is 0.897. The third-order valence-electron chi connectivity index (χ3n) is 4.27. The Morgan fingerprint density at radius 2 is 1.85 bits per heavy atom. The minimum absolute atomic E-state index is 0.281. The van der Waals surface area contributed by atoms with Crippen LogP contribution < -0.4 is 4.74 Å². The Bertz CT molecular complexity index is 981. The molecular formula is C20H16N2O5. The zero-order valence-corrected chi connectivity index (χ0v) is 14.5. The lowest BCUT2D eigenvalue weighted by molar-refractivity contribution is -0.194. The Hall–Kier alpha value is -3.61. The number of hydrogen-bond donors (Lipinski definition) is 1. The van der Waals surface area contributed by atoms with Crippen LogP contribution >= 0.6 is 0 Å². The summed E-state index contributed by atoms with van der Waals surface area (Å²) in [5, 5.41) is 15.0. The van der Waals surface area contributed by atoms with Crippen molar-refractivity contribution in [3.05, 3.63) is 77.1 Å². The lowest BCUT2D eigenvalue weighted by atomic mass is 9.89. The summed E-state index contributed by atoms with van der Waals surface area (Å²) in [5.74, 6) is -0.737. The second-order valence-electron chi connectivity index (χ2n) is 6.15. The Balaban J connectivity index is 1.91. The summed E-state index contributed by atoms with van der Waals surface area (Å²) in [7, 11) is 0. The summed E-state index contributed by atoms with van der Waals surface area (Å²) in [6.07, 6.45) is -0.306. The smallest absolute Gasteiger partial charge is 0.331 e. The molecule has 136 valence electrons. The first-order valence-electron chi connectivity index (χ1n) is 8.38. The van der Waals surface area contributed by atoms with Gasteiger partial charge in [0, 0.05) is 12.5 Å². The largest absolute Gasteiger partial charge is 0.481 e. The summed E-state index contributed by atoms with van der Waals surface area (Å²) in [4.78, 5) is 28.3. The average Bonchev–Trinajstić information content (AvgIpc) is 3.01. The zero-order valence-electron chi connectivity index (χ0n) is 14.5. The number of para-hydroxylation sites is 1. The maximum Gasteiger partial charge on any atom is 0.331 e. The molecule has 0 aromatic heterocycles. The number of carbonyl (C=O) groups excluding carboxylic acids is 1. The predicted octanol–water partition coefficient (Wildman–Crippen LogP) is 3.05. The highest BCUT2D eigenvalue weighted by Gasteiger charge is 2.42. The van der Waals surface area contributed by atoms with Crippen molar-refractivity contribution in [2.45, 2.75) is 19.4 Å². The Morgan fingerprint density at radius 1 is 1.15 bits per heavy atom. The van der Waals surface area contributed by atoms with Crippen molar-refractivity contribution in [1.82, 2.24) is 5.17 Å². The minimum atomic E-state index is -1.02. The van der Waals surface area contributed by atoms with E-state index in [0.717, 1.165) is 11.1 Å². The highest BCUT2D eigenvalue weighted by atomic mass is 16.7. The van der Waals surface area contributed by atoms with Gasteiger partial charge in [0.05, 0.1) is 5.57 Å². The average molecular weight is 364 g/mol. The number of benzene rings is 2. The van der Waals surface area contributed by atoms with E-state index in [0.29, 0.717) is 17.0 Å². The van der Waals surface area contributed by atoms with E-state index in [9.17, 15) is 14.7 Å². The number of rotatable bonds is 4. The number of carboxylic acids is 1. The molecule has 2 aromatic carbocycles. The molecule has 0 bridgehead atoms. The van der Waals surface area contributed by atoms with Gasteiger partial charge >= 0.3 is 11.9 Å². The number of aliphatic carboxylic acids is 1. The molecule has 0 radical (unpaired) electrons. The molecule has 1 unspecified atom stereocenters. The number of nitrogens with zero attached hydrogens (tertiary/aromatic N) is 2. The van der Waals surface area contributed by atoms with Crippen LogP contribution in [0.25, 0.3) is 0 Å². The fourth-order valence-electron chi connectivity index (χ4n) is 3.28. The van der Waals surface area contributed by atoms with Crippen molar-refractivity contribution in [2.24, 2.45) is 5.10 Å². The first-order valence-corrected chi connectivity index (χ1v) is 8.38. The van der Waals surface area contributed by atoms with Crippen LogP contribution in [-0.2, 0) is 14.4 Å². The molecule has 1 atom stereocenters. The molecular weight excluding hydrogens is 348 g/mol. The van der Waals surface area contributed by atoms with E-state index in [-0.39, 0.29) is 12.2 Å². The van der Waals surface area contributed by atoms with E-state index in [1.165, 1.54) is 12.1 Å². The maximum atomic E-state index is 11.6. The standard InChI is InChI=1S/C20H16N2O5/c1-12(23)27-22-20(13-7-3-2-4-8-13)18-16(11-17(24)25)26-15-10-6-5-9-14(15)19(18)21-22/h2-10,20H,11H2,1H3,(H,24,25). The Labute approximate surface area is 155 Å². The van der Waals surface area contributed by atoms with Crippen LogP contribution in [0.1, 0.15) is 30.5 Å². The molecule has 1 N–H and O–H groups in total. The molecule has 0 fully saturated rings. The van der Waals surface area contributed by atoms with Gasteiger partial charge in [0.1, 0.15) is 29.7 Å². The molecule has 7 heteroatoms. The topological polar surface area (TPSA) is 88.4 Å². The summed E-state index contributed by atoms with van der Waals surface area (Å²) in [6.45, 7) is 1.29. The van der Waals surface area contributed by atoms with E-state index in [1.807, 2.05) is 42.5 Å². The zero-order chi connectivity index (χ0) is 19.0. The van der Waals surface area contributed by atoms with Gasteiger partial charge in [-0.05, 0) is 17.7 Å². The molecule has 2 aliphatic rings. The Kier molecular flexibility index (Phi) is 4.12. The van der Waals surface area contributed by atoms with Crippen molar-refractivity contribution >= 4 is 17.7 Å². The second kappa shape index (κ2) is 6.60. The van der Waals surface area contributed by atoms with Gasteiger partial charge in [-0.2, -0.15) is 0 Å². The molecule has 2 aliphatic heterocycles. The third-order valence-corrected chi connectivity index (χ3v) is 4.27. The monoisotopic (exact) mass is 364 g/mol. The van der Waals surface area contributed by atoms with Gasteiger partial charge in [-0.3, -0.25) is 4.79 Å². The summed E-state index contributed by atoms with van der Waals surface area (Å²) in [5.41, 5.74) is 2.65. The summed E-state index contributed by atoms with van der Waals surface area (Å²) < 4.78 is 5.91. The van der Waals surface area contributed by atoms with Crippen LogP contribution in [0, 0.1) is 0 Å². The number of hydrogen-bond acceptors (Lipinski definition) is 6. The van der Waals surface area contributed by atoms with Crippen molar-refractivity contribution in [3.8, 4) is 5.75 Å². The first-order chi connectivity index (χ1) is 13.0. The summed E-state index contributed by atoms with van der Waals surface area (Å²) in [6, 6.07) is 16.0. The number of fused-ring (bicyclic) bond motifs is 3. The third kappa shape index (κ3) is 3.03. The molecule has 0 aliphatic carbocycles. The maximum absolute atomic E-state index is 11.6. The normalized spacial score (nSPS) is 17.6. The van der Waals surface area contributed by atoms with Crippen LogP contribution in [0.15, 0.2) is 71.0 Å². The lowest BCUT2D eigenvalue weighted by Gasteiger charge is -2.26. The molecule has 4 rings (SSSR count). The SMILES string of the molecule is CC(=O)ON1N=C2C(=C(CC(=O)O)Oc3ccccc32)C1c1ccccc1. The van der Waals surface area contributed by atoms with Crippen molar-refractivity contribution < 1.29 is 24.3 Å². The van der Waals surface area contributed by atoms with E-state index in [1.54, 1.807) is 12.1 Å². The number of carboxylic acid groups (broad SMARTS) is 1. The molecule has 0 saturated carbocycles. The molecule has 7 nitrogen and oxygen atoms in total. The number of ether oxygens (including phenoxy) is 1. The predicted molar refractivity (Wildman–Crippen MR) is 95.7 cm³/mol. The molecule has 0 spiro atoms. The van der Waals surface area contributed by atoms with Gasteiger partial charge in [0.15, 0.2) is 0 Å². The molecule has 27 heavy (non-hydrogen) atoms. The number of hydroxylamine groups is 1. The van der Waals surface area contributed by atoms with Crippen LogP contribution in [0.4, 0.5) is 0 Å². The van der Waals surface area contributed by atoms with Crippen LogP contribution in [0.3, 0.4) is 0 Å². The molecule has 0 saturated heterocycles. The van der Waals surface area contributed by atoms with Gasteiger partial charge in [-0.25, -0.2) is 4.79 Å². The van der Waals surface area contributed by atoms with Gasteiger partial charge in [0.25, 0.3) is 0 Å². The van der Waals surface area contributed by atoms with Crippen molar-refractivity contribution in [3.63, 3.8) is 0 Å². The highest BCUT2D eigenvalue weighted by molar-refractivity contribution is 6.17. The Morgan fingerprint density at radius 3 is 2.56 bits per heavy atom. The van der Waals surface area contributed by atoms with Crippen molar-refractivity contribution in [2.75, 3.05) is 0 Å². The fourth-order valence-corrected chi connectivity index (χ4v) is 3.28. The van der Waals surface area contributed by atoms with E-state index in [4.69, 9.17) is 9.57 Å². The van der Waals surface area contributed by atoms with Crippen molar-refractivity contribution in [1.29, 1.82) is 0 Å². The highest BCUT2D eigenvalue weighted by Crippen LogP contribution is 2.44. The van der Waals surface area contributed by atoms with Gasteiger partial charge in [0.2, 0.25) is 0 Å². The van der Waals surface area contributed by atoms with Crippen LogP contribution in [0.5, 0.6) is 5.75 Å². The minimum Gasteiger partial charge on any atom is -0.481 e. The fraction of sp³-hybridized carbons (Fsp3) is 0.150. The van der Waals surface area contributed by atoms with Gasteiger partial charge in [-0.15, -0.1) is 10.3 Å². The van der Waals surface area contributed by atoms with Gasteiger partial charge < -0.3 is 14.7 Å². The number of hydrazone groups is 1. The van der Waals surface area contributed by atoms with Gasteiger partial charge in [-0.1, -0.05) is 42.5 Å².